The van der Waals surface area contributed by atoms with Crippen LogP contribution < -0.4 is 0 Å². The molecule has 0 N–H and O–H groups in total. The highest BCUT2D eigenvalue weighted by Gasteiger charge is 2.87. The lowest BCUT2D eigenvalue weighted by Gasteiger charge is -2.41. The fraction of sp³-hybridized carbons (Fsp3) is 0.818. The molecule has 3 atom stereocenters. The zero-order chi connectivity index (χ0) is 24.9. The van der Waals surface area contributed by atoms with Gasteiger partial charge in [-0.2, -0.15) is 61.5 Å². The first-order chi connectivity index (χ1) is 12.8. The van der Waals surface area contributed by atoms with E-state index in [1.165, 1.54) is 0 Å². The van der Waals surface area contributed by atoms with E-state index in [0.29, 0.717) is 0 Å². The molecule has 0 nitrogen and oxygen atoms in total. The highest BCUT2D eigenvalue weighted by molar-refractivity contribution is 6.30. The number of hydrogen-bond donors (Lipinski definition) is 0. The van der Waals surface area contributed by atoms with Crippen LogP contribution in [0.5, 0.6) is 0 Å². The van der Waals surface area contributed by atoms with Crippen molar-refractivity contribution in [2.75, 3.05) is 0 Å². The first-order valence-corrected chi connectivity index (χ1v) is 6.75. The Morgan fingerprint density at radius 1 is 0.600 bits per heavy atom. The van der Waals surface area contributed by atoms with Crippen LogP contribution in [0, 0.1) is 0 Å². The lowest BCUT2D eigenvalue weighted by Crippen LogP contribution is -2.70. The second kappa shape index (κ2) is 7.72. The maximum Gasteiger partial charge on any atom is 0.433 e. The van der Waals surface area contributed by atoms with E-state index >= 15 is 0 Å². The molecule has 0 saturated carbocycles. The van der Waals surface area contributed by atoms with Gasteiger partial charge in [-0.1, -0.05) is 11.6 Å². The molecule has 0 rings (SSSR count). The third kappa shape index (κ3) is 3.99. The fourth-order valence-electron chi connectivity index (χ4n) is 1.71. The van der Waals surface area contributed by atoms with Gasteiger partial charge in [0.2, 0.25) is 6.17 Å². The summed E-state index contributed by atoms with van der Waals surface area (Å²) in [5.74, 6) is -31.6. The Kier molecular flexibility index (Phi) is 7.40. The van der Waals surface area contributed by atoms with Gasteiger partial charge in [-0.15, -0.1) is 0 Å². The third-order valence-corrected chi connectivity index (χ3v) is 3.70. The monoisotopic (exact) mass is 512 g/mol. The number of hydrogen-bond acceptors (Lipinski definition) is 0. The number of alkyl halides is 17. The molecule has 3 unspecified atom stereocenters. The van der Waals surface area contributed by atoms with Crippen molar-refractivity contribution in [3.63, 3.8) is 0 Å². The van der Waals surface area contributed by atoms with Gasteiger partial charge < -0.3 is 0 Å². The van der Waals surface area contributed by atoms with Crippen molar-refractivity contribution >= 4 is 11.6 Å². The maximum atomic E-state index is 13.7. The van der Waals surface area contributed by atoms with Gasteiger partial charge in [-0.3, -0.25) is 0 Å². The van der Waals surface area contributed by atoms with Gasteiger partial charge in [0.15, 0.2) is 0 Å². The predicted molar refractivity (Wildman–Crippen MR) is 60.6 cm³/mol. The summed E-state index contributed by atoms with van der Waals surface area (Å²) in [5, 5.41) is -3.48. The molecule has 0 radical (unpaired) electrons. The molecule has 0 aromatic rings. The minimum Gasteiger partial charge on any atom is -0.234 e. The number of halogens is 19. The van der Waals surface area contributed by atoms with Crippen LogP contribution in [0.2, 0.25) is 0 Å². The third-order valence-electron chi connectivity index (χ3n) is 3.35. The summed E-state index contributed by atoms with van der Waals surface area (Å²) >= 11 is 4.11. The minimum atomic E-state index is -8.13. The van der Waals surface area contributed by atoms with E-state index in [1.54, 1.807) is 0 Å². The van der Waals surface area contributed by atoms with Crippen molar-refractivity contribution in [3.05, 3.63) is 11.4 Å². The second-order valence-electron chi connectivity index (χ2n) is 5.32. The number of allylic oxidation sites excluding steroid dienone is 1. The van der Waals surface area contributed by atoms with Crippen molar-refractivity contribution in [1.82, 2.24) is 0 Å². The molecule has 30 heavy (non-hydrogen) atoms. The largest absolute Gasteiger partial charge is 0.433 e. The van der Waals surface area contributed by atoms with E-state index in [-0.39, 0.29) is 0 Å². The molecule has 0 aromatic carbocycles. The maximum absolute atomic E-state index is 13.7. The Morgan fingerprint density at radius 3 is 1.20 bits per heavy atom. The van der Waals surface area contributed by atoms with Gasteiger partial charge in [0.25, 0.3) is 6.17 Å². The lowest BCUT2D eigenvalue weighted by atomic mass is 9.86. The summed E-state index contributed by atoms with van der Waals surface area (Å²) in [5.41, 5.74) is -7.09. The highest BCUT2D eigenvalue weighted by Crippen LogP contribution is 2.60. The Labute approximate surface area is 157 Å². The molecule has 0 fully saturated rings. The van der Waals surface area contributed by atoms with Crippen molar-refractivity contribution in [1.29, 1.82) is 0 Å². The average molecular weight is 513 g/mol. The fourth-order valence-corrected chi connectivity index (χ4v) is 1.94. The number of rotatable bonds is 7. The smallest absolute Gasteiger partial charge is 0.234 e. The quantitative estimate of drug-likeness (QED) is 0.320. The van der Waals surface area contributed by atoms with E-state index in [1.807, 2.05) is 0 Å². The Bertz CT molecular complexity index is 643. The van der Waals surface area contributed by atoms with Crippen molar-refractivity contribution < 1.29 is 79.0 Å². The molecule has 0 saturated heterocycles. The second-order valence-corrected chi connectivity index (χ2v) is 5.73. The van der Waals surface area contributed by atoms with Crippen molar-refractivity contribution in [3.8, 4) is 0 Å². The molecule has 19 heteroatoms. The van der Waals surface area contributed by atoms with Crippen LogP contribution in [0.4, 0.5) is 79.0 Å². The molecule has 0 bridgehead atoms. The van der Waals surface area contributed by atoms with Gasteiger partial charge in [0.05, 0.1) is 5.03 Å². The van der Waals surface area contributed by atoms with Gasteiger partial charge in [0, 0.05) is 0 Å². The van der Waals surface area contributed by atoms with E-state index in [9.17, 15) is 79.0 Å². The minimum absolute atomic E-state index is 1.91. The Balaban J connectivity index is 6.72. The van der Waals surface area contributed by atoms with Crippen LogP contribution in [-0.4, -0.2) is 54.1 Å². The first-order valence-electron chi connectivity index (χ1n) is 6.37. The molecule has 0 spiro atoms. The lowest BCUT2D eigenvalue weighted by molar-refractivity contribution is -0.388. The predicted octanol–water partition coefficient (Wildman–Crippen LogP) is 7.09. The van der Waals surface area contributed by atoms with Crippen molar-refractivity contribution in [2.45, 2.75) is 54.1 Å². The molecule has 0 aliphatic carbocycles. The summed E-state index contributed by atoms with van der Waals surface area (Å²) in [7, 11) is 0. The van der Waals surface area contributed by atoms with Gasteiger partial charge in [-0.25, -0.2) is 17.6 Å². The van der Waals surface area contributed by atoms with E-state index < -0.39 is 65.4 Å². The van der Waals surface area contributed by atoms with Crippen LogP contribution in [0.1, 0.15) is 0 Å². The first kappa shape index (κ1) is 28.8. The van der Waals surface area contributed by atoms with E-state index in [2.05, 4.69) is 11.6 Å². The van der Waals surface area contributed by atoms with E-state index in [4.69, 9.17) is 0 Å². The molecule has 0 amide bonds. The van der Waals surface area contributed by atoms with Crippen molar-refractivity contribution in [2.24, 2.45) is 0 Å². The zero-order valence-corrected chi connectivity index (χ0v) is 13.7. The molecule has 0 heterocycles. The van der Waals surface area contributed by atoms with Crippen LogP contribution in [-0.2, 0) is 0 Å². The van der Waals surface area contributed by atoms with Crippen LogP contribution in [0.25, 0.3) is 0 Å². The average Bonchev–Trinajstić information content (AvgIpc) is 2.56. The summed E-state index contributed by atoms with van der Waals surface area (Å²) in [6.07, 6.45) is -29.4. The van der Waals surface area contributed by atoms with Crippen LogP contribution >= 0.6 is 11.6 Å². The summed E-state index contributed by atoms with van der Waals surface area (Å²) in [6, 6.07) is 0. The normalized spacial score (nSPS) is 20.0. The Morgan fingerprint density at radius 2 is 0.933 bits per heavy atom. The van der Waals surface area contributed by atoms with Gasteiger partial charge in [0.1, 0.15) is 6.33 Å². The van der Waals surface area contributed by atoms with Crippen LogP contribution in [0.15, 0.2) is 11.4 Å². The SMILES string of the molecule is FC=C(Cl)C(F)(C(F)(F)F)C(F)(F)C(F)C(F)(F)C(F)(F)C(F)(F)C(F)C(F)(F)F. The summed E-state index contributed by atoms with van der Waals surface area (Å²) in [6.45, 7) is 0. The van der Waals surface area contributed by atoms with Crippen LogP contribution in [0.3, 0.4) is 0 Å². The van der Waals surface area contributed by atoms with Gasteiger partial charge >= 0.3 is 41.7 Å². The molecule has 0 aliphatic heterocycles. The summed E-state index contributed by atoms with van der Waals surface area (Å²) < 4.78 is 231. The molecular formula is C11H3ClF18. The standard InChI is InChI=1S/C11H3ClF18/c12-2(1-13)5(16,11(28,29)30)6(17,18)3(14)7(19,20)10(26,27)8(21,22)4(15)9(23,24)25/h1,3-4H. The van der Waals surface area contributed by atoms with Gasteiger partial charge in [-0.05, 0) is 0 Å². The summed E-state index contributed by atoms with van der Waals surface area (Å²) in [4.78, 5) is 0. The molecule has 180 valence electrons. The van der Waals surface area contributed by atoms with E-state index in [0.717, 1.165) is 0 Å². The zero-order valence-electron chi connectivity index (χ0n) is 12.9. The molecule has 0 aromatic heterocycles. The Hall–Kier alpha value is -1.23. The molecule has 0 aliphatic rings. The molecular weight excluding hydrogens is 510 g/mol. The highest BCUT2D eigenvalue weighted by atomic mass is 35.5. The topological polar surface area (TPSA) is 0 Å².